The van der Waals surface area contributed by atoms with Crippen molar-refractivity contribution in [1.82, 2.24) is 19.9 Å². The molecule has 0 bridgehead atoms. The van der Waals surface area contributed by atoms with Gasteiger partial charge in [-0.15, -0.1) is 10.2 Å². The van der Waals surface area contributed by atoms with Crippen LogP contribution in [-0.2, 0) is 0 Å². The summed E-state index contributed by atoms with van der Waals surface area (Å²) in [6.45, 7) is 3.97. The summed E-state index contributed by atoms with van der Waals surface area (Å²) < 4.78 is 14.8. The third-order valence-electron chi connectivity index (χ3n) is 3.76. The number of nitrogens with one attached hydrogen (secondary N) is 1. The van der Waals surface area contributed by atoms with Crippen molar-refractivity contribution >= 4 is 11.6 Å². The number of carbonyl (C=O) groups excluding carboxylic acids is 1. The summed E-state index contributed by atoms with van der Waals surface area (Å²) in [5.74, 6) is 0.175. The summed E-state index contributed by atoms with van der Waals surface area (Å²) >= 11 is 0. The maximum Gasteiger partial charge on any atom is 0.251 e. The van der Waals surface area contributed by atoms with Crippen LogP contribution in [0.1, 0.15) is 30.6 Å². The van der Waals surface area contributed by atoms with E-state index in [2.05, 4.69) is 15.5 Å². The normalized spacial score (nSPS) is 12.3. The molecule has 0 saturated heterocycles. The van der Waals surface area contributed by atoms with E-state index in [9.17, 15) is 9.18 Å². The predicted octanol–water partition coefficient (Wildman–Crippen LogP) is 3.06. The van der Waals surface area contributed by atoms with E-state index < -0.39 is 0 Å². The van der Waals surface area contributed by atoms with E-state index in [1.165, 1.54) is 12.1 Å². The number of hydrogen-bond acceptors (Lipinski definition) is 3. The quantitative estimate of drug-likeness (QED) is 0.805. The molecule has 6 heteroatoms. The van der Waals surface area contributed by atoms with E-state index >= 15 is 0 Å². The highest BCUT2D eigenvalue weighted by Gasteiger charge is 2.13. The fourth-order valence-corrected chi connectivity index (χ4v) is 2.24. The van der Waals surface area contributed by atoms with Crippen molar-refractivity contribution in [2.75, 3.05) is 0 Å². The lowest BCUT2D eigenvalue weighted by atomic mass is 10.2. The molecule has 0 saturated carbocycles. The van der Waals surface area contributed by atoms with Crippen LogP contribution in [0.25, 0.3) is 17.0 Å². The standard InChI is InChI=1S/C17H17FN4O/c1-3-11(2)19-17(23)13-8-9-22-15(10-13)20-21-16(22)12-4-6-14(18)7-5-12/h4-11H,3H2,1-2H3,(H,19,23)/t11-/m1/s1. The number of carbonyl (C=O) groups is 1. The van der Waals surface area contributed by atoms with Crippen LogP contribution in [0.3, 0.4) is 0 Å². The monoisotopic (exact) mass is 312 g/mol. The van der Waals surface area contributed by atoms with Gasteiger partial charge in [0.25, 0.3) is 5.91 Å². The van der Waals surface area contributed by atoms with Crippen molar-refractivity contribution in [1.29, 1.82) is 0 Å². The van der Waals surface area contributed by atoms with Gasteiger partial charge in [-0.3, -0.25) is 9.20 Å². The predicted molar refractivity (Wildman–Crippen MR) is 85.6 cm³/mol. The SMILES string of the molecule is CC[C@@H](C)NC(=O)c1ccn2c(-c3ccc(F)cc3)nnc2c1. The minimum Gasteiger partial charge on any atom is -0.350 e. The van der Waals surface area contributed by atoms with Gasteiger partial charge in [0.1, 0.15) is 5.82 Å². The molecule has 1 amide bonds. The van der Waals surface area contributed by atoms with Gasteiger partial charge in [-0.05, 0) is 49.7 Å². The topological polar surface area (TPSA) is 59.3 Å². The second-order valence-corrected chi connectivity index (χ2v) is 5.46. The lowest BCUT2D eigenvalue weighted by Crippen LogP contribution is -2.31. The number of benzene rings is 1. The molecule has 1 aromatic carbocycles. The van der Waals surface area contributed by atoms with E-state index in [1.807, 2.05) is 13.8 Å². The Morgan fingerprint density at radius 2 is 2.00 bits per heavy atom. The number of amides is 1. The molecule has 2 heterocycles. The van der Waals surface area contributed by atoms with Crippen molar-refractivity contribution in [3.63, 3.8) is 0 Å². The molecule has 23 heavy (non-hydrogen) atoms. The van der Waals surface area contributed by atoms with Gasteiger partial charge in [-0.25, -0.2) is 4.39 Å². The second kappa shape index (κ2) is 6.16. The summed E-state index contributed by atoms with van der Waals surface area (Å²) in [6.07, 6.45) is 2.62. The molecule has 0 unspecified atom stereocenters. The number of aromatic nitrogens is 3. The van der Waals surface area contributed by atoms with Gasteiger partial charge in [0.15, 0.2) is 11.5 Å². The Kier molecular flexibility index (Phi) is 4.06. The first-order chi connectivity index (χ1) is 11.1. The minimum absolute atomic E-state index is 0.117. The molecule has 0 aliphatic rings. The molecular weight excluding hydrogens is 295 g/mol. The lowest BCUT2D eigenvalue weighted by molar-refractivity contribution is 0.0939. The van der Waals surface area contributed by atoms with E-state index in [4.69, 9.17) is 0 Å². The zero-order chi connectivity index (χ0) is 16.4. The van der Waals surface area contributed by atoms with Crippen molar-refractivity contribution in [3.05, 3.63) is 54.0 Å². The fourth-order valence-electron chi connectivity index (χ4n) is 2.24. The van der Waals surface area contributed by atoms with Gasteiger partial charge in [-0.1, -0.05) is 6.92 Å². The summed E-state index contributed by atoms with van der Waals surface area (Å²) in [4.78, 5) is 12.2. The van der Waals surface area contributed by atoms with Crippen LogP contribution >= 0.6 is 0 Å². The van der Waals surface area contributed by atoms with Gasteiger partial charge < -0.3 is 5.32 Å². The number of pyridine rings is 1. The Balaban J connectivity index is 1.94. The van der Waals surface area contributed by atoms with Gasteiger partial charge in [0.2, 0.25) is 0 Å². The van der Waals surface area contributed by atoms with E-state index in [1.54, 1.807) is 34.9 Å². The van der Waals surface area contributed by atoms with Crippen molar-refractivity contribution in [2.24, 2.45) is 0 Å². The molecule has 0 aliphatic heterocycles. The number of hydrogen-bond donors (Lipinski definition) is 1. The summed E-state index contributed by atoms with van der Waals surface area (Å²) in [5.41, 5.74) is 1.87. The summed E-state index contributed by atoms with van der Waals surface area (Å²) in [7, 11) is 0. The van der Waals surface area contributed by atoms with Crippen LogP contribution in [0.4, 0.5) is 4.39 Å². The lowest BCUT2D eigenvalue weighted by Gasteiger charge is -2.11. The Morgan fingerprint density at radius 3 is 2.70 bits per heavy atom. The smallest absolute Gasteiger partial charge is 0.251 e. The second-order valence-electron chi connectivity index (χ2n) is 5.46. The van der Waals surface area contributed by atoms with E-state index in [-0.39, 0.29) is 17.8 Å². The van der Waals surface area contributed by atoms with Crippen LogP contribution in [0.15, 0.2) is 42.6 Å². The van der Waals surface area contributed by atoms with E-state index in [0.29, 0.717) is 17.0 Å². The highest BCUT2D eigenvalue weighted by atomic mass is 19.1. The average Bonchev–Trinajstić information content (AvgIpc) is 2.98. The highest BCUT2D eigenvalue weighted by molar-refractivity contribution is 5.95. The zero-order valence-corrected chi connectivity index (χ0v) is 13.0. The molecule has 0 spiro atoms. The van der Waals surface area contributed by atoms with Gasteiger partial charge >= 0.3 is 0 Å². The molecule has 118 valence electrons. The first-order valence-electron chi connectivity index (χ1n) is 7.50. The van der Waals surface area contributed by atoms with E-state index in [0.717, 1.165) is 12.0 Å². The first kappa shape index (κ1) is 15.1. The Morgan fingerprint density at radius 1 is 1.26 bits per heavy atom. The molecule has 3 rings (SSSR count). The maximum atomic E-state index is 13.0. The third kappa shape index (κ3) is 3.06. The fraction of sp³-hybridized carbons (Fsp3) is 0.235. The maximum absolute atomic E-state index is 13.0. The van der Waals surface area contributed by atoms with Crippen molar-refractivity contribution < 1.29 is 9.18 Å². The largest absolute Gasteiger partial charge is 0.350 e. The number of rotatable bonds is 4. The molecule has 0 radical (unpaired) electrons. The molecule has 0 fully saturated rings. The van der Waals surface area contributed by atoms with Gasteiger partial charge in [0, 0.05) is 23.4 Å². The molecule has 0 aliphatic carbocycles. The molecule has 2 aromatic heterocycles. The van der Waals surface area contributed by atoms with Gasteiger partial charge in [-0.2, -0.15) is 0 Å². The Bertz CT molecular complexity index is 841. The molecular formula is C17H17FN4O. The van der Waals surface area contributed by atoms with Crippen LogP contribution < -0.4 is 5.32 Å². The van der Waals surface area contributed by atoms with Crippen molar-refractivity contribution in [3.8, 4) is 11.4 Å². The molecule has 5 nitrogen and oxygen atoms in total. The zero-order valence-electron chi connectivity index (χ0n) is 13.0. The third-order valence-corrected chi connectivity index (χ3v) is 3.76. The first-order valence-corrected chi connectivity index (χ1v) is 7.50. The van der Waals surface area contributed by atoms with Crippen LogP contribution in [0.2, 0.25) is 0 Å². The number of nitrogens with zero attached hydrogens (tertiary/aromatic N) is 3. The van der Waals surface area contributed by atoms with Gasteiger partial charge in [0.05, 0.1) is 0 Å². The van der Waals surface area contributed by atoms with Crippen LogP contribution in [0, 0.1) is 5.82 Å². The van der Waals surface area contributed by atoms with Crippen LogP contribution in [-0.4, -0.2) is 26.5 Å². The number of halogens is 1. The number of fused-ring (bicyclic) bond motifs is 1. The van der Waals surface area contributed by atoms with Crippen molar-refractivity contribution in [2.45, 2.75) is 26.3 Å². The summed E-state index contributed by atoms with van der Waals surface area (Å²) in [5, 5.41) is 11.1. The highest BCUT2D eigenvalue weighted by Crippen LogP contribution is 2.19. The summed E-state index contributed by atoms with van der Waals surface area (Å²) in [6, 6.07) is 9.59. The molecule has 1 N–H and O–H groups in total. The Hall–Kier alpha value is -2.76. The average molecular weight is 312 g/mol. The molecule has 3 aromatic rings. The Labute approximate surface area is 133 Å². The molecule has 1 atom stereocenters. The minimum atomic E-state index is -0.299. The van der Waals surface area contributed by atoms with Crippen LogP contribution in [0.5, 0.6) is 0 Å².